The van der Waals surface area contributed by atoms with Crippen molar-refractivity contribution in [3.63, 3.8) is 0 Å². The molecule has 0 aromatic rings. The van der Waals surface area contributed by atoms with Gasteiger partial charge in [-0.3, -0.25) is 19.3 Å². The summed E-state index contributed by atoms with van der Waals surface area (Å²) >= 11 is 0. The summed E-state index contributed by atoms with van der Waals surface area (Å²) < 4.78 is 5.70. The highest BCUT2D eigenvalue weighted by Crippen LogP contribution is 2.23. The molecule has 190 valence electrons. The molecule has 0 spiro atoms. The number of carbonyl (C=O) groups excluding carboxylic acids is 3. The van der Waals surface area contributed by atoms with Gasteiger partial charge in [-0.05, 0) is 38.8 Å². The molecule has 32 heavy (non-hydrogen) atoms. The Balaban J connectivity index is 0. The molecule has 2 N–H and O–H groups in total. The summed E-state index contributed by atoms with van der Waals surface area (Å²) in [5.74, 6) is -0.307. The fraction of sp³-hybridized carbons (Fsp3) is 0.875. The molecule has 5 atom stereocenters. The second-order valence-corrected chi connectivity index (χ2v) is 9.64. The first-order valence-corrected chi connectivity index (χ1v) is 11.9. The van der Waals surface area contributed by atoms with Crippen LogP contribution in [0, 0.1) is 17.8 Å². The summed E-state index contributed by atoms with van der Waals surface area (Å²) in [5.41, 5.74) is 0. The lowest BCUT2D eigenvalue weighted by molar-refractivity contribution is -0.144. The first kappa shape index (κ1) is 30.3. The molecule has 0 saturated heterocycles. The van der Waals surface area contributed by atoms with E-state index in [1.165, 1.54) is 0 Å². The standard InChI is InChI=1S/C24H48N4O4.H2/c1-12-17(7)22(18(32-11)14-19(29)25-13-2)28(10)24(31)20(15(3)4)26-23(30)21(16(5)6)27(8)9;/h15-18,20-22H,12-14H2,1-11H3,(H,25,29)(H,26,30);1H/t17-,18+,20-,21-,22-;/m0./s1. The van der Waals surface area contributed by atoms with Gasteiger partial charge in [-0.1, -0.05) is 48.0 Å². The number of amides is 3. The predicted octanol–water partition coefficient (Wildman–Crippen LogP) is 2.37. The van der Waals surface area contributed by atoms with E-state index in [-0.39, 0.29) is 55.4 Å². The van der Waals surface area contributed by atoms with Crippen LogP contribution in [0.25, 0.3) is 0 Å². The highest BCUT2D eigenvalue weighted by Gasteiger charge is 2.38. The number of nitrogens with zero attached hydrogens (tertiary/aromatic N) is 2. The van der Waals surface area contributed by atoms with E-state index in [4.69, 9.17) is 4.74 Å². The fourth-order valence-corrected chi connectivity index (χ4v) is 4.29. The van der Waals surface area contributed by atoms with Gasteiger partial charge in [-0.25, -0.2) is 0 Å². The molecule has 0 fully saturated rings. The van der Waals surface area contributed by atoms with Gasteiger partial charge in [-0.15, -0.1) is 0 Å². The third-order valence-electron chi connectivity index (χ3n) is 6.15. The third-order valence-corrected chi connectivity index (χ3v) is 6.15. The smallest absolute Gasteiger partial charge is 0.245 e. The Bertz CT molecular complexity index is 593. The van der Waals surface area contributed by atoms with Crippen LogP contribution < -0.4 is 10.6 Å². The third kappa shape index (κ3) is 8.70. The summed E-state index contributed by atoms with van der Waals surface area (Å²) in [6.45, 7) is 14.4. The van der Waals surface area contributed by atoms with Crippen molar-refractivity contribution in [1.82, 2.24) is 20.4 Å². The van der Waals surface area contributed by atoms with Gasteiger partial charge in [0.1, 0.15) is 6.04 Å². The van der Waals surface area contributed by atoms with E-state index in [1.54, 1.807) is 19.1 Å². The van der Waals surface area contributed by atoms with Crippen LogP contribution in [0.4, 0.5) is 0 Å². The Labute approximate surface area is 197 Å². The maximum atomic E-state index is 13.6. The van der Waals surface area contributed by atoms with Gasteiger partial charge in [0.2, 0.25) is 17.7 Å². The van der Waals surface area contributed by atoms with Crippen LogP contribution in [0.15, 0.2) is 0 Å². The lowest BCUT2D eigenvalue weighted by Gasteiger charge is -2.40. The number of carbonyl (C=O) groups is 3. The minimum atomic E-state index is -0.665. The molecule has 0 bridgehead atoms. The van der Waals surface area contributed by atoms with Crippen LogP contribution in [-0.2, 0) is 19.1 Å². The molecule has 0 saturated carbocycles. The Hall–Kier alpha value is -1.67. The van der Waals surface area contributed by atoms with Gasteiger partial charge in [0.15, 0.2) is 0 Å². The van der Waals surface area contributed by atoms with Crippen molar-refractivity contribution in [2.24, 2.45) is 17.8 Å². The summed E-state index contributed by atoms with van der Waals surface area (Å²) in [5, 5.41) is 5.80. The second-order valence-electron chi connectivity index (χ2n) is 9.64. The van der Waals surface area contributed by atoms with Crippen molar-refractivity contribution < 1.29 is 20.5 Å². The lowest BCUT2D eigenvalue weighted by atomic mass is 9.89. The normalized spacial score (nSPS) is 16.4. The van der Waals surface area contributed by atoms with Crippen LogP contribution in [0.5, 0.6) is 0 Å². The van der Waals surface area contributed by atoms with Gasteiger partial charge in [-0.2, -0.15) is 0 Å². The van der Waals surface area contributed by atoms with E-state index in [1.807, 2.05) is 53.6 Å². The summed E-state index contributed by atoms with van der Waals surface area (Å²) in [6, 6.07) is -1.29. The Morgan fingerprint density at radius 3 is 1.91 bits per heavy atom. The molecule has 0 aromatic carbocycles. The summed E-state index contributed by atoms with van der Waals surface area (Å²) in [7, 11) is 7.05. The van der Waals surface area contributed by atoms with E-state index < -0.39 is 12.1 Å². The lowest BCUT2D eigenvalue weighted by Crippen LogP contribution is -2.59. The van der Waals surface area contributed by atoms with E-state index in [0.29, 0.717) is 6.54 Å². The van der Waals surface area contributed by atoms with Crippen molar-refractivity contribution >= 4 is 17.7 Å². The Morgan fingerprint density at radius 2 is 1.53 bits per heavy atom. The minimum absolute atomic E-state index is 0. The first-order chi connectivity index (χ1) is 14.8. The van der Waals surface area contributed by atoms with Crippen LogP contribution in [0.2, 0.25) is 0 Å². The molecule has 0 aromatic heterocycles. The summed E-state index contributed by atoms with van der Waals surface area (Å²) in [4.78, 5) is 42.5. The number of nitrogens with one attached hydrogen (secondary N) is 2. The number of rotatable bonds is 14. The molecule has 0 radical (unpaired) electrons. The van der Waals surface area contributed by atoms with Crippen molar-refractivity contribution in [2.45, 2.75) is 85.5 Å². The molecule has 0 aliphatic carbocycles. The maximum absolute atomic E-state index is 13.6. The average Bonchev–Trinajstić information content (AvgIpc) is 2.69. The van der Waals surface area contributed by atoms with Crippen LogP contribution in [0.3, 0.4) is 0 Å². The number of hydrogen-bond donors (Lipinski definition) is 2. The van der Waals surface area contributed by atoms with E-state index in [9.17, 15) is 14.4 Å². The van der Waals surface area contributed by atoms with Crippen molar-refractivity contribution in [1.29, 1.82) is 0 Å². The quantitative estimate of drug-likeness (QED) is 0.417. The fourth-order valence-electron chi connectivity index (χ4n) is 4.29. The summed E-state index contributed by atoms with van der Waals surface area (Å²) in [6.07, 6.45) is 0.553. The van der Waals surface area contributed by atoms with Gasteiger partial charge < -0.3 is 20.3 Å². The van der Waals surface area contributed by atoms with Gasteiger partial charge in [0.05, 0.1) is 24.6 Å². The highest BCUT2D eigenvalue weighted by atomic mass is 16.5. The van der Waals surface area contributed by atoms with Crippen LogP contribution in [-0.4, -0.2) is 86.5 Å². The largest absolute Gasteiger partial charge is 0.379 e. The molecule has 0 rings (SSSR count). The highest BCUT2D eigenvalue weighted by molar-refractivity contribution is 5.90. The van der Waals surface area contributed by atoms with Gasteiger partial charge >= 0.3 is 0 Å². The van der Waals surface area contributed by atoms with Crippen LogP contribution >= 0.6 is 0 Å². The van der Waals surface area contributed by atoms with Crippen LogP contribution in [0.1, 0.15) is 62.7 Å². The minimum Gasteiger partial charge on any atom is -0.379 e. The molecule has 3 amide bonds. The zero-order valence-electron chi connectivity index (χ0n) is 22.2. The molecule has 0 unspecified atom stereocenters. The molecule has 8 nitrogen and oxygen atoms in total. The number of methoxy groups -OCH3 is 1. The SMILES string of the molecule is CCNC(=O)C[C@@H](OC)[C@H]([C@@H](C)CC)N(C)C(=O)[C@@H](NC(=O)[C@H](C(C)C)N(C)C)C(C)C.[HH]. The van der Waals surface area contributed by atoms with Gasteiger partial charge in [0, 0.05) is 22.1 Å². The monoisotopic (exact) mass is 458 g/mol. The first-order valence-electron chi connectivity index (χ1n) is 11.9. The second kappa shape index (κ2) is 14.5. The van der Waals surface area contributed by atoms with Crippen molar-refractivity contribution in [2.75, 3.05) is 34.8 Å². The molecule has 0 aliphatic heterocycles. The Morgan fingerprint density at radius 1 is 0.969 bits per heavy atom. The van der Waals surface area contributed by atoms with Crippen molar-refractivity contribution in [3.05, 3.63) is 0 Å². The van der Waals surface area contributed by atoms with Gasteiger partial charge in [0.25, 0.3) is 0 Å². The predicted molar refractivity (Wildman–Crippen MR) is 131 cm³/mol. The molecule has 0 heterocycles. The molecular formula is C24H50N4O4. The zero-order valence-corrected chi connectivity index (χ0v) is 22.2. The van der Waals surface area contributed by atoms with E-state index in [2.05, 4.69) is 24.5 Å². The van der Waals surface area contributed by atoms with E-state index >= 15 is 0 Å². The maximum Gasteiger partial charge on any atom is 0.245 e. The zero-order chi connectivity index (χ0) is 25.2. The molecular weight excluding hydrogens is 408 g/mol. The topological polar surface area (TPSA) is 91.0 Å². The number of hydrogen-bond acceptors (Lipinski definition) is 5. The van der Waals surface area contributed by atoms with E-state index in [0.717, 1.165) is 6.42 Å². The number of ether oxygens (including phenoxy) is 1. The molecule has 0 aliphatic rings. The Kier molecular flexibility index (Phi) is 13.7. The van der Waals surface area contributed by atoms with Crippen molar-refractivity contribution in [3.8, 4) is 0 Å². The average molecular weight is 459 g/mol. The molecule has 8 heteroatoms. The number of likely N-dealkylation sites (N-methyl/N-ethyl adjacent to an activating group) is 2.